The van der Waals surface area contributed by atoms with Crippen molar-refractivity contribution in [2.75, 3.05) is 7.11 Å². The number of carbonyl (C=O) groups is 1. The van der Waals surface area contributed by atoms with E-state index in [4.69, 9.17) is 0 Å². The Morgan fingerprint density at radius 2 is 2.00 bits per heavy atom. The summed E-state index contributed by atoms with van der Waals surface area (Å²) in [5.74, 6) is -1.24. The molecule has 1 aromatic carbocycles. The average molecular weight is 232 g/mol. The van der Waals surface area contributed by atoms with Gasteiger partial charge in [0.2, 0.25) is 5.95 Å². The van der Waals surface area contributed by atoms with Gasteiger partial charge in [-0.15, -0.1) is 5.10 Å². The summed E-state index contributed by atoms with van der Waals surface area (Å²) in [6.07, 6.45) is 1.37. The third-order valence-electron chi connectivity index (χ3n) is 2.30. The first kappa shape index (κ1) is 11.2. The first-order valence-electron chi connectivity index (χ1n) is 4.89. The molecule has 17 heavy (non-hydrogen) atoms. The quantitative estimate of drug-likeness (QED) is 0.744. The van der Waals surface area contributed by atoms with E-state index in [0.717, 1.165) is 0 Å². The lowest BCUT2D eigenvalue weighted by molar-refractivity contribution is 0.0601. The maximum atomic E-state index is 13.5. The van der Waals surface area contributed by atoms with Crippen molar-refractivity contribution in [2.45, 2.75) is 0 Å². The molecule has 0 fully saturated rings. The lowest BCUT2D eigenvalue weighted by Crippen LogP contribution is -2.04. The Kier molecular flexibility index (Phi) is 3.09. The van der Waals surface area contributed by atoms with Crippen LogP contribution in [0.1, 0.15) is 10.4 Å². The number of hydrogen-bond donors (Lipinski definition) is 0. The third-order valence-corrected chi connectivity index (χ3v) is 2.30. The Morgan fingerprint density at radius 1 is 1.24 bits per heavy atom. The SMILES string of the molecule is COC(=O)c1ccccc1-c1ccnnc1F. The van der Waals surface area contributed by atoms with Gasteiger partial charge in [0.05, 0.1) is 18.9 Å². The number of aromatic nitrogens is 2. The van der Waals surface area contributed by atoms with Gasteiger partial charge in [0.25, 0.3) is 0 Å². The summed E-state index contributed by atoms with van der Waals surface area (Å²) in [5, 5.41) is 6.74. The molecule has 0 bridgehead atoms. The molecule has 0 atom stereocenters. The fourth-order valence-electron chi connectivity index (χ4n) is 1.52. The highest BCUT2D eigenvalue weighted by Gasteiger charge is 2.15. The first-order valence-corrected chi connectivity index (χ1v) is 4.89. The van der Waals surface area contributed by atoms with E-state index in [-0.39, 0.29) is 5.56 Å². The van der Waals surface area contributed by atoms with E-state index in [1.807, 2.05) is 0 Å². The predicted octanol–water partition coefficient (Wildman–Crippen LogP) is 2.07. The second-order valence-corrected chi connectivity index (χ2v) is 3.27. The van der Waals surface area contributed by atoms with Gasteiger partial charge in [-0.05, 0) is 12.1 Å². The van der Waals surface area contributed by atoms with Crippen LogP contribution >= 0.6 is 0 Å². The molecule has 1 aromatic heterocycles. The van der Waals surface area contributed by atoms with Gasteiger partial charge in [-0.2, -0.15) is 9.49 Å². The number of halogens is 1. The van der Waals surface area contributed by atoms with Crippen LogP contribution < -0.4 is 0 Å². The van der Waals surface area contributed by atoms with Crippen LogP contribution in [0.3, 0.4) is 0 Å². The van der Waals surface area contributed by atoms with E-state index in [1.54, 1.807) is 24.3 Å². The molecular formula is C12H9FN2O2. The standard InChI is InChI=1S/C12H9FN2O2/c1-17-12(16)10-5-3-2-4-8(10)9-6-7-14-15-11(9)13/h2-7H,1H3. The van der Waals surface area contributed by atoms with Gasteiger partial charge < -0.3 is 4.74 Å². The Hall–Kier alpha value is -2.30. The highest BCUT2D eigenvalue weighted by atomic mass is 19.1. The molecule has 0 aliphatic heterocycles. The van der Waals surface area contributed by atoms with E-state index >= 15 is 0 Å². The highest BCUT2D eigenvalue weighted by molar-refractivity contribution is 5.97. The van der Waals surface area contributed by atoms with Crippen LogP contribution in [0.4, 0.5) is 4.39 Å². The second kappa shape index (κ2) is 4.69. The smallest absolute Gasteiger partial charge is 0.338 e. The summed E-state index contributed by atoms with van der Waals surface area (Å²) in [6.45, 7) is 0. The molecule has 0 saturated heterocycles. The minimum Gasteiger partial charge on any atom is -0.465 e. The Morgan fingerprint density at radius 3 is 2.71 bits per heavy atom. The predicted molar refractivity (Wildman–Crippen MR) is 58.8 cm³/mol. The molecule has 0 N–H and O–H groups in total. The Labute approximate surface area is 97.1 Å². The monoisotopic (exact) mass is 232 g/mol. The zero-order valence-corrected chi connectivity index (χ0v) is 9.05. The third kappa shape index (κ3) is 2.13. The van der Waals surface area contributed by atoms with Gasteiger partial charge in [-0.3, -0.25) is 0 Å². The van der Waals surface area contributed by atoms with Crippen molar-refractivity contribution in [1.29, 1.82) is 0 Å². The molecule has 4 nitrogen and oxygen atoms in total. The van der Waals surface area contributed by atoms with E-state index < -0.39 is 11.9 Å². The summed E-state index contributed by atoms with van der Waals surface area (Å²) in [6, 6.07) is 8.06. The zero-order valence-electron chi connectivity index (χ0n) is 9.05. The minimum atomic E-state index is -0.719. The minimum absolute atomic E-state index is 0.223. The van der Waals surface area contributed by atoms with Crippen LogP contribution in [0.2, 0.25) is 0 Å². The Balaban J connectivity index is 2.60. The average Bonchev–Trinajstić information content (AvgIpc) is 2.38. The lowest BCUT2D eigenvalue weighted by Gasteiger charge is -2.07. The van der Waals surface area contributed by atoms with Crippen LogP contribution in [-0.2, 0) is 4.74 Å². The van der Waals surface area contributed by atoms with E-state index in [1.165, 1.54) is 19.4 Å². The van der Waals surface area contributed by atoms with Gasteiger partial charge in [0.15, 0.2) is 0 Å². The lowest BCUT2D eigenvalue weighted by atomic mass is 10.0. The number of methoxy groups -OCH3 is 1. The summed E-state index contributed by atoms with van der Waals surface area (Å²) >= 11 is 0. The van der Waals surface area contributed by atoms with Crippen molar-refractivity contribution in [3.05, 3.63) is 48.0 Å². The van der Waals surface area contributed by atoms with Gasteiger partial charge in [0, 0.05) is 11.1 Å². The fourth-order valence-corrected chi connectivity index (χ4v) is 1.52. The molecule has 86 valence electrons. The molecular weight excluding hydrogens is 223 g/mol. The zero-order chi connectivity index (χ0) is 12.3. The number of rotatable bonds is 2. The summed E-state index contributed by atoms with van der Waals surface area (Å²) in [4.78, 5) is 11.5. The van der Waals surface area contributed by atoms with Crippen molar-refractivity contribution in [3.8, 4) is 11.1 Å². The van der Waals surface area contributed by atoms with Crippen LogP contribution in [-0.4, -0.2) is 23.3 Å². The van der Waals surface area contributed by atoms with Crippen LogP contribution in [0, 0.1) is 5.95 Å². The number of ether oxygens (including phenoxy) is 1. The van der Waals surface area contributed by atoms with E-state index in [9.17, 15) is 9.18 Å². The van der Waals surface area contributed by atoms with Crippen molar-refractivity contribution >= 4 is 5.97 Å². The number of benzene rings is 1. The Bertz CT molecular complexity index is 558. The fraction of sp³-hybridized carbons (Fsp3) is 0.0833. The topological polar surface area (TPSA) is 52.1 Å². The maximum Gasteiger partial charge on any atom is 0.338 e. The summed E-state index contributed by atoms with van der Waals surface area (Å²) in [5.41, 5.74) is 0.953. The first-order chi connectivity index (χ1) is 8.24. The van der Waals surface area contributed by atoms with Gasteiger partial charge in [-0.25, -0.2) is 4.79 Å². The summed E-state index contributed by atoms with van der Waals surface area (Å²) < 4.78 is 18.1. The molecule has 0 amide bonds. The largest absolute Gasteiger partial charge is 0.465 e. The molecule has 2 rings (SSSR count). The van der Waals surface area contributed by atoms with Gasteiger partial charge in [0.1, 0.15) is 0 Å². The molecule has 0 aliphatic carbocycles. The second-order valence-electron chi connectivity index (χ2n) is 3.27. The summed E-state index contributed by atoms with van der Waals surface area (Å²) in [7, 11) is 1.28. The number of esters is 1. The number of carbonyl (C=O) groups excluding carboxylic acids is 1. The van der Waals surface area contributed by atoms with Crippen LogP contribution in [0.25, 0.3) is 11.1 Å². The van der Waals surface area contributed by atoms with Crippen molar-refractivity contribution in [1.82, 2.24) is 10.2 Å². The molecule has 1 heterocycles. The molecule has 2 aromatic rings. The maximum absolute atomic E-state index is 13.5. The molecule has 0 aliphatic rings. The van der Waals surface area contributed by atoms with E-state index in [0.29, 0.717) is 11.1 Å². The number of nitrogens with zero attached hydrogens (tertiary/aromatic N) is 2. The van der Waals surface area contributed by atoms with Crippen LogP contribution in [0.15, 0.2) is 36.5 Å². The van der Waals surface area contributed by atoms with Crippen LogP contribution in [0.5, 0.6) is 0 Å². The number of hydrogen-bond acceptors (Lipinski definition) is 4. The van der Waals surface area contributed by atoms with Crippen molar-refractivity contribution < 1.29 is 13.9 Å². The van der Waals surface area contributed by atoms with Crippen molar-refractivity contribution in [2.24, 2.45) is 0 Å². The normalized spacial score (nSPS) is 10.0. The molecule has 0 radical (unpaired) electrons. The van der Waals surface area contributed by atoms with Gasteiger partial charge >= 0.3 is 5.97 Å². The highest BCUT2D eigenvalue weighted by Crippen LogP contribution is 2.25. The van der Waals surface area contributed by atoms with Gasteiger partial charge in [-0.1, -0.05) is 18.2 Å². The van der Waals surface area contributed by atoms with E-state index in [2.05, 4.69) is 14.9 Å². The molecule has 0 spiro atoms. The molecule has 5 heteroatoms. The molecule has 0 unspecified atom stereocenters. The van der Waals surface area contributed by atoms with Crippen molar-refractivity contribution in [3.63, 3.8) is 0 Å². The molecule has 0 saturated carbocycles.